The van der Waals surface area contributed by atoms with Gasteiger partial charge in [-0.2, -0.15) is 11.8 Å². The zero-order valence-electron chi connectivity index (χ0n) is 14.2. The summed E-state index contributed by atoms with van der Waals surface area (Å²) in [6, 6.07) is 0. The average molecular weight is 327 g/mol. The van der Waals surface area contributed by atoms with E-state index in [4.69, 9.17) is 4.84 Å². The molecule has 1 aliphatic rings. The van der Waals surface area contributed by atoms with Crippen LogP contribution in [0.3, 0.4) is 0 Å². The predicted octanol–water partition coefficient (Wildman–Crippen LogP) is 4.50. The van der Waals surface area contributed by atoms with Gasteiger partial charge in [-0.15, -0.1) is 0 Å². The minimum Gasteiger partial charge on any atom is -0.511 e. The lowest BCUT2D eigenvalue weighted by molar-refractivity contribution is -0.120. The van der Waals surface area contributed by atoms with Crippen molar-refractivity contribution in [1.29, 1.82) is 0 Å². The highest BCUT2D eigenvalue weighted by molar-refractivity contribution is 7.99. The van der Waals surface area contributed by atoms with Gasteiger partial charge in [0.05, 0.1) is 12.1 Å². The number of allylic oxidation sites excluding steroid dienone is 2. The maximum atomic E-state index is 11.9. The number of hydrogen-bond donors (Lipinski definition) is 1. The zero-order valence-corrected chi connectivity index (χ0v) is 15.0. The van der Waals surface area contributed by atoms with Crippen molar-refractivity contribution in [3.63, 3.8) is 0 Å². The number of nitrogens with zero attached hydrogens (tertiary/aromatic N) is 1. The van der Waals surface area contributed by atoms with Gasteiger partial charge in [0.15, 0.2) is 0 Å². The molecule has 0 spiro atoms. The van der Waals surface area contributed by atoms with Gasteiger partial charge in [-0.25, -0.2) is 0 Å². The molecule has 0 saturated heterocycles. The van der Waals surface area contributed by atoms with Crippen LogP contribution in [0.5, 0.6) is 0 Å². The molecular weight excluding hydrogens is 298 g/mol. The summed E-state index contributed by atoms with van der Waals surface area (Å²) in [5.74, 6) is 1.43. The van der Waals surface area contributed by atoms with Crippen LogP contribution in [0.4, 0.5) is 0 Å². The molecule has 0 amide bonds. The van der Waals surface area contributed by atoms with E-state index in [-0.39, 0.29) is 23.9 Å². The maximum Gasteiger partial charge on any atom is 0.141 e. The van der Waals surface area contributed by atoms with Crippen LogP contribution in [0, 0.1) is 5.92 Å². The van der Waals surface area contributed by atoms with Crippen molar-refractivity contribution >= 4 is 23.3 Å². The van der Waals surface area contributed by atoms with Crippen molar-refractivity contribution < 1.29 is 14.7 Å². The number of Topliss-reactive ketones (excluding diaryl/α,β-unsaturated/α-hetero) is 1. The minimum atomic E-state index is 0.0565. The van der Waals surface area contributed by atoms with E-state index in [0.29, 0.717) is 18.3 Å². The molecule has 0 radical (unpaired) electrons. The fraction of sp³-hybridized carbons (Fsp3) is 0.765. The molecule has 0 heterocycles. The quantitative estimate of drug-likeness (QED) is 0.500. The molecule has 1 aliphatic carbocycles. The van der Waals surface area contributed by atoms with Crippen LogP contribution >= 0.6 is 11.8 Å². The summed E-state index contributed by atoms with van der Waals surface area (Å²) in [6.07, 6.45) is 3.22. The second-order valence-electron chi connectivity index (χ2n) is 5.68. The highest BCUT2D eigenvalue weighted by Gasteiger charge is 2.32. The first-order valence-electron chi connectivity index (χ1n) is 8.27. The third kappa shape index (κ3) is 5.67. The van der Waals surface area contributed by atoms with Crippen LogP contribution < -0.4 is 0 Å². The number of oxime groups is 1. The normalized spacial score (nSPS) is 21.2. The molecule has 5 heteroatoms. The third-order valence-electron chi connectivity index (χ3n) is 3.73. The molecule has 0 aliphatic heterocycles. The van der Waals surface area contributed by atoms with Gasteiger partial charge >= 0.3 is 0 Å². The largest absolute Gasteiger partial charge is 0.511 e. The number of aliphatic hydroxyl groups excluding tert-OH is 1. The van der Waals surface area contributed by atoms with Gasteiger partial charge < -0.3 is 9.94 Å². The fourth-order valence-corrected chi connectivity index (χ4v) is 3.87. The smallest absolute Gasteiger partial charge is 0.141 e. The fourth-order valence-electron chi connectivity index (χ4n) is 2.93. The molecule has 0 aromatic rings. The Hall–Kier alpha value is -0.970. The van der Waals surface area contributed by atoms with E-state index < -0.39 is 0 Å². The Kier molecular flexibility index (Phi) is 8.61. The van der Waals surface area contributed by atoms with Crippen molar-refractivity contribution in [2.75, 3.05) is 12.4 Å². The number of aliphatic hydroxyl groups is 1. The van der Waals surface area contributed by atoms with Gasteiger partial charge in [0, 0.05) is 17.2 Å². The number of carbonyl (C=O) groups is 1. The van der Waals surface area contributed by atoms with E-state index in [2.05, 4.69) is 25.9 Å². The number of hydrogen-bond acceptors (Lipinski definition) is 5. The van der Waals surface area contributed by atoms with Crippen LogP contribution in [-0.2, 0) is 9.63 Å². The second kappa shape index (κ2) is 9.93. The van der Waals surface area contributed by atoms with Crippen molar-refractivity contribution in [1.82, 2.24) is 0 Å². The number of rotatable bonds is 9. The Bertz CT molecular complexity index is 432. The van der Waals surface area contributed by atoms with E-state index in [9.17, 15) is 9.90 Å². The summed E-state index contributed by atoms with van der Waals surface area (Å²) in [7, 11) is 0. The van der Waals surface area contributed by atoms with Crippen molar-refractivity contribution in [2.45, 2.75) is 65.0 Å². The standard InChI is InChI=1S/C17H29NO3S/c1-5-8-15(18-21-6-2)17-13(9-12(4)22-7-3)10-14(19)11-16(17)20/h12-13,20H,5-11H2,1-4H3. The first-order valence-corrected chi connectivity index (χ1v) is 9.32. The highest BCUT2D eigenvalue weighted by Crippen LogP contribution is 2.34. The van der Waals surface area contributed by atoms with Gasteiger partial charge in [-0.05, 0) is 31.4 Å². The monoisotopic (exact) mass is 327 g/mol. The molecule has 1 N–H and O–H groups in total. The highest BCUT2D eigenvalue weighted by atomic mass is 32.2. The summed E-state index contributed by atoms with van der Waals surface area (Å²) >= 11 is 1.89. The molecule has 22 heavy (non-hydrogen) atoms. The van der Waals surface area contributed by atoms with Gasteiger partial charge in [0.25, 0.3) is 0 Å². The molecule has 0 saturated carbocycles. The molecule has 2 atom stereocenters. The maximum absolute atomic E-state index is 11.9. The lowest BCUT2D eigenvalue weighted by atomic mass is 9.79. The van der Waals surface area contributed by atoms with Gasteiger partial charge in [-0.3, -0.25) is 4.79 Å². The molecular formula is C17H29NO3S. The predicted molar refractivity (Wildman–Crippen MR) is 93.6 cm³/mol. The first-order chi connectivity index (χ1) is 10.5. The second-order valence-corrected chi connectivity index (χ2v) is 7.40. The number of carbonyl (C=O) groups excluding carboxylic acids is 1. The number of thioether (sulfide) groups is 1. The first kappa shape index (κ1) is 19.1. The molecule has 4 nitrogen and oxygen atoms in total. The van der Waals surface area contributed by atoms with Gasteiger partial charge in [-0.1, -0.05) is 32.3 Å². The number of ketones is 1. The third-order valence-corrected chi connectivity index (χ3v) is 4.82. The van der Waals surface area contributed by atoms with E-state index in [1.54, 1.807) is 0 Å². The molecule has 126 valence electrons. The van der Waals surface area contributed by atoms with Gasteiger partial charge in [0.2, 0.25) is 0 Å². The Balaban J connectivity index is 3.05. The molecule has 0 aromatic carbocycles. The SMILES string of the molecule is CCCC(=NOCC)C1=C(O)CC(=O)CC1CC(C)SCC. The average Bonchev–Trinajstić information content (AvgIpc) is 2.44. The van der Waals surface area contributed by atoms with E-state index in [1.807, 2.05) is 18.7 Å². The minimum absolute atomic E-state index is 0.0565. The Morgan fingerprint density at radius 1 is 1.45 bits per heavy atom. The topological polar surface area (TPSA) is 58.9 Å². The van der Waals surface area contributed by atoms with Crippen molar-refractivity contribution in [3.8, 4) is 0 Å². The summed E-state index contributed by atoms with van der Waals surface area (Å²) in [5, 5.41) is 15.0. The van der Waals surface area contributed by atoms with Crippen LogP contribution in [0.2, 0.25) is 0 Å². The van der Waals surface area contributed by atoms with E-state index in [1.165, 1.54) is 0 Å². The Labute approximate surface area is 138 Å². The summed E-state index contributed by atoms with van der Waals surface area (Å²) in [5.41, 5.74) is 1.67. The van der Waals surface area contributed by atoms with Crippen molar-refractivity contribution in [3.05, 3.63) is 11.3 Å². The van der Waals surface area contributed by atoms with Crippen LogP contribution in [0.1, 0.15) is 59.8 Å². The van der Waals surface area contributed by atoms with Crippen LogP contribution in [0.15, 0.2) is 16.5 Å². The van der Waals surface area contributed by atoms with Crippen LogP contribution in [0.25, 0.3) is 0 Å². The summed E-state index contributed by atoms with van der Waals surface area (Å²) in [4.78, 5) is 17.1. The molecule has 0 fully saturated rings. The van der Waals surface area contributed by atoms with E-state index >= 15 is 0 Å². The zero-order chi connectivity index (χ0) is 16.5. The Morgan fingerprint density at radius 2 is 2.18 bits per heavy atom. The van der Waals surface area contributed by atoms with Crippen LogP contribution in [-0.4, -0.2) is 34.2 Å². The lowest BCUT2D eigenvalue weighted by Gasteiger charge is -2.28. The summed E-state index contributed by atoms with van der Waals surface area (Å²) in [6.45, 7) is 8.80. The van der Waals surface area contributed by atoms with Gasteiger partial charge in [0.1, 0.15) is 18.1 Å². The van der Waals surface area contributed by atoms with Crippen molar-refractivity contribution in [2.24, 2.45) is 11.1 Å². The Morgan fingerprint density at radius 3 is 2.77 bits per heavy atom. The molecule has 1 rings (SSSR count). The molecule has 0 bridgehead atoms. The summed E-state index contributed by atoms with van der Waals surface area (Å²) < 4.78 is 0. The molecule has 0 aromatic heterocycles. The molecule has 2 unspecified atom stereocenters. The lowest BCUT2D eigenvalue weighted by Crippen LogP contribution is -2.27. The van der Waals surface area contributed by atoms with E-state index in [0.717, 1.165) is 36.3 Å².